The Morgan fingerprint density at radius 3 is 2.53 bits per heavy atom. The largest absolute Gasteiger partial charge is 0.324 e. The lowest BCUT2D eigenvalue weighted by Crippen LogP contribution is -2.27. The van der Waals surface area contributed by atoms with Gasteiger partial charge >= 0.3 is 0 Å². The van der Waals surface area contributed by atoms with Crippen LogP contribution in [0.1, 0.15) is 26.3 Å². The number of anilines is 1. The molecular formula is C30H27F2N9O3S. The molecule has 12 nitrogen and oxygen atoms in total. The van der Waals surface area contributed by atoms with Crippen LogP contribution in [0, 0.1) is 17.0 Å². The van der Waals surface area contributed by atoms with Crippen molar-refractivity contribution < 1.29 is 22.0 Å². The zero-order valence-electron chi connectivity index (χ0n) is 24.5. The fourth-order valence-electron chi connectivity index (χ4n) is 4.68. The maximum absolute atomic E-state index is 16.2. The van der Waals surface area contributed by atoms with Crippen LogP contribution in [0.3, 0.4) is 0 Å². The molecule has 0 saturated heterocycles. The van der Waals surface area contributed by atoms with E-state index in [2.05, 4.69) is 45.2 Å². The minimum Gasteiger partial charge on any atom is -0.324 e. The second kappa shape index (κ2) is 11.1. The SMILES string of the molecule is CC(C)(C)C(=O)Nc1cncc(-c2cnc3[nH]nc(-c4nc5c(-c6cc(F)cc(CNS(C)(=O)=O)c6)ccnc5[nH]4)c3c2F)c1. The number of carbonyl (C=O) groups excluding carboxylic acids is 1. The van der Waals surface area contributed by atoms with Crippen LogP contribution in [0.5, 0.6) is 0 Å². The molecule has 0 aliphatic heterocycles. The predicted molar refractivity (Wildman–Crippen MR) is 165 cm³/mol. The first-order chi connectivity index (χ1) is 21.3. The number of amides is 1. The van der Waals surface area contributed by atoms with Crippen LogP contribution in [-0.2, 0) is 21.4 Å². The van der Waals surface area contributed by atoms with Crippen molar-refractivity contribution in [1.82, 2.24) is 39.8 Å². The van der Waals surface area contributed by atoms with Gasteiger partial charge in [0, 0.05) is 47.2 Å². The molecule has 0 bridgehead atoms. The Morgan fingerprint density at radius 2 is 1.78 bits per heavy atom. The van der Waals surface area contributed by atoms with Gasteiger partial charge < -0.3 is 10.3 Å². The summed E-state index contributed by atoms with van der Waals surface area (Å²) in [5.41, 5.74) is 2.69. The highest BCUT2D eigenvalue weighted by Gasteiger charge is 2.24. The Morgan fingerprint density at radius 1 is 0.978 bits per heavy atom. The lowest BCUT2D eigenvalue weighted by molar-refractivity contribution is -0.123. The Balaban J connectivity index is 1.40. The second-order valence-corrected chi connectivity index (χ2v) is 13.4. The number of hydrogen-bond donors (Lipinski definition) is 4. The minimum atomic E-state index is -3.49. The number of benzene rings is 1. The molecule has 230 valence electrons. The second-order valence-electron chi connectivity index (χ2n) is 11.5. The van der Waals surface area contributed by atoms with Crippen LogP contribution in [0.4, 0.5) is 14.5 Å². The molecule has 5 heterocycles. The van der Waals surface area contributed by atoms with Gasteiger partial charge in [0.2, 0.25) is 15.9 Å². The van der Waals surface area contributed by atoms with Crippen molar-refractivity contribution in [3.05, 3.63) is 72.3 Å². The molecule has 6 rings (SSSR count). The van der Waals surface area contributed by atoms with Gasteiger partial charge in [0.1, 0.15) is 22.8 Å². The molecule has 0 radical (unpaired) electrons. The minimum absolute atomic E-state index is 0.0668. The van der Waals surface area contributed by atoms with E-state index >= 15 is 4.39 Å². The number of carbonyl (C=O) groups is 1. The Hall–Kier alpha value is -5.15. The summed E-state index contributed by atoms with van der Waals surface area (Å²) in [7, 11) is -3.49. The summed E-state index contributed by atoms with van der Waals surface area (Å²) in [6.45, 7) is 5.24. The molecule has 1 amide bonds. The molecule has 0 fully saturated rings. The molecule has 4 N–H and O–H groups in total. The van der Waals surface area contributed by atoms with E-state index in [4.69, 9.17) is 0 Å². The van der Waals surface area contributed by atoms with Crippen LogP contribution in [0.2, 0.25) is 0 Å². The van der Waals surface area contributed by atoms with Crippen LogP contribution >= 0.6 is 0 Å². The van der Waals surface area contributed by atoms with E-state index in [0.29, 0.717) is 39.1 Å². The van der Waals surface area contributed by atoms with Gasteiger partial charge in [-0.15, -0.1) is 0 Å². The van der Waals surface area contributed by atoms with E-state index in [1.54, 1.807) is 39.0 Å². The fourth-order valence-corrected chi connectivity index (χ4v) is 5.11. The third kappa shape index (κ3) is 6.12. The number of aromatic amines is 2. The Labute approximate surface area is 255 Å². The summed E-state index contributed by atoms with van der Waals surface area (Å²) >= 11 is 0. The number of fused-ring (bicyclic) bond motifs is 2. The van der Waals surface area contributed by atoms with Crippen molar-refractivity contribution in [1.29, 1.82) is 0 Å². The number of rotatable bonds is 7. The first-order valence-electron chi connectivity index (χ1n) is 13.7. The number of pyridine rings is 3. The third-order valence-electron chi connectivity index (χ3n) is 6.93. The number of halogens is 2. The number of aromatic nitrogens is 7. The predicted octanol–water partition coefficient (Wildman–Crippen LogP) is 4.94. The summed E-state index contributed by atoms with van der Waals surface area (Å²) < 4.78 is 56.3. The number of H-pyrrole nitrogens is 2. The van der Waals surface area contributed by atoms with Crippen LogP contribution in [-0.4, -0.2) is 55.7 Å². The van der Waals surface area contributed by atoms with Gasteiger partial charge in [-0.1, -0.05) is 20.8 Å². The number of nitrogens with zero attached hydrogens (tertiary/aromatic N) is 5. The maximum Gasteiger partial charge on any atom is 0.229 e. The Bertz CT molecular complexity index is 2220. The van der Waals surface area contributed by atoms with Gasteiger partial charge in [0.05, 0.1) is 23.5 Å². The lowest BCUT2D eigenvalue weighted by Gasteiger charge is -2.17. The molecule has 0 atom stereocenters. The molecule has 45 heavy (non-hydrogen) atoms. The zero-order valence-corrected chi connectivity index (χ0v) is 25.3. The van der Waals surface area contributed by atoms with E-state index in [-0.39, 0.29) is 40.6 Å². The molecule has 0 unspecified atom stereocenters. The summed E-state index contributed by atoms with van der Waals surface area (Å²) in [6, 6.07) is 7.45. The van der Waals surface area contributed by atoms with Gasteiger partial charge in [-0.05, 0) is 41.5 Å². The molecular weight excluding hydrogens is 604 g/mol. The number of hydrogen-bond acceptors (Lipinski definition) is 8. The summed E-state index contributed by atoms with van der Waals surface area (Å²) in [4.78, 5) is 33.0. The zero-order chi connectivity index (χ0) is 32.1. The highest BCUT2D eigenvalue weighted by molar-refractivity contribution is 7.88. The van der Waals surface area contributed by atoms with Gasteiger partial charge in [-0.2, -0.15) is 5.10 Å². The standard InChI is InChI=1S/C30H27F2N9O3S/c1-30(2,3)29(42)37-19-10-17(12-33-13-19)21-14-35-26-22(23(21)32)25(40-41-26)28-38-24-20(5-6-34-27(24)39-28)16-7-15(8-18(31)9-16)11-36-45(4,43)44/h5-10,12-14,36H,11H2,1-4H3,(H,37,42)(H,34,38,39)(H,35,40,41). The monoisotopic (exact) mass is 631 g/mol. The van der Waals surface area contributed by atoms with Crippen LogP contribution in [0.15, 0.2) is 55.1 Å². The van der Waals surface area contributed by atoms with Crippen molar-refractivity contribution in [3.63, 3.8) is 0 Å². The van der Waals surface area contributed by atoms with Crippen LogP contribution < -0.4 is 10.0 Å². The average Bonchev–Trinajstić information content (AvgIpc) is 3.60. The third-order valence-corrected chi connectivity index (χ3v) is 7.60. The van der Waals surface area contributed by atoms with E-state index in [1.165, 1.54) is 36.9 Å². The summed E-state index contributed by atoms with van der Waals surface area (Å²) in [6.07, 6.45) is 6.83. The van der Waals surface area contributed by atoms with E-state index in [9.17, 15) is 17.6 Å². The number of sulfonamides is 1. The van der Waals surface area contributed by atoms with E-state index in [1.807, 2.05) is 0 Å². The molecule has 15 heteroatoms. The molecule has 1 aromatic carbocycles. The topological polar surface area (TPSA) is 171 Å². The highest BCUT2D eigenvalue weighted by atomic mass is 32.2. The molecule has 6 aromatic rings. The summed E-state index contributed by atoms with van der Waals surface area (Å²) in [5, 5.41) is 9.87. The van der Waals surface area contributed by atoms with E-state index < -0.39 is 27.1 Å². The Kier molecular flexibility index (Phi) is 7.37. The van der Waals surface area contributed by atoms with Crippen molar-refractivity contribution >= 4 is 43.8 Å². The molecule has 0 spiro atoms. The normalized spacial score (nSPS) is 12.2. The first-order valence-corrected chi connectivity index (χ1v) is 15.5. The molecule has 0 aliphatic rings. The lowest BCUT2D eigenvalue weighted by atomic mass is 9.95. The molecule has 0 aliphatic carbocycles. The van der Waals surface area contributed by atoms with Gasteiger partial charge in [0.15, 0.2) is 17.1 Å². The number of nitrogens with one attached hydrogen (secondary N) is 4. The van der Waals surface area contributed by atoms with Crippen LogP contribution in [0.25, 0.3) is 56.0 Å². The maximum atomic E-state index is 16.2. The first kappa shape index (κ1) is 29.9. The van der Waals surface area contributed by atoms with E-state index in [0.717, 1.165) is 6.26 Å². The number of imidazole rings is 1. The quantitative estimate of drug-likeness (QED) is 0.192. The van der Waals surface area contributed by atoms with Crippen molar-refractivity contribution in [2.24, 2.45) is 5.41 Å². The van der Waals surface area contributed by atoms with Crippen molar-refractivity contribution in [2.75, 3.05) is 11.6 Å². The molecule has 5 aromatic heterocycles. The highest BCUT2D eigenvalue weighted by Crippen LogP contribution is 2.35. The van der Waals surface area contributed by atoms with Gasteiger partial charge in [0.25, 0.3) is 0 Å². The smallest absolute Gasteiger partial charge is 0.229 e. The van der Waals surface area contributed by atoms with Gasteiger partial charge in [-0.3, -0.25) is 14.9 Å². The van der Waals surface area contributed by atoms with Crippen molar-refractivity contribution in [2.45, 2.75) is 27.3 Å². The molecule has 0 saturated carbocycles. The summed E-state index contributed by atoms with van der Waals surface area (Å²) in [5.74, 6) is -1.22. The average molecular weight is 632 g/mol. The van der Waals surface area contributed by atoms with Crippen molar-refractivity contribution in [3.8, 4) is 33.8 Å². The van der Waals surface area contributed by atoms with Gasteiger partial charge in [-0.25, -0.2) is 36.9 Å². The fraction of sp³-hybridized carbons (Fsp3) is 0.200.